The third kappa shape index (κ3) is 36.2. The van der Waals surface area contributed by atoms with Gasteiger partial charge in [0.05, 0.1) is 0 Å². The monoisotopic (exact) mass is 281 g/mol. The Hall–Kier alpha value is 4.35. The number of hydroxylamine groups is 1. The molecule has 16 heavy (non-hydrogen) atoms. The normalized spacial score (nSPS) is 6.62. The number of carbonyl (C=O) groups is 1. The molecule has 0 fully saturated rings. The number of hydrogen-bond donors (Lipinski definition) is 3. The molecule has 0 aromatic carbocycles. The van der Waals surface area contributed by atoms with Crippen molar-refractivity contribution in [2.24, 2.45) is 5.73 Å². The molecule has 0 aromatic heterocycles. The van der Waals surface area contributed by atoms with Crippen LogP contribution in [0.2, 0.25) is 0 Å². The van der Waals surface area contributed by atoms with Gasteiger partial charge in [0.15, 0.2) is 0 Å². The Morgan fingerprint density at radius 2 is 1.56 bits per heavy atom. The fourth-order valence-corrected chi connectivity index (χ4v) is 0.519. The van der Waals surface area contributed by atoms with E-state index in [-0.39, 0.29) is 154 Å². The van der Waals surface area contributed by atoms with E-state index in [4.69, 9.17) is 5.73 Å². The SMILES string of the molecule is CC(=O)ONCCNCCN.[NaH].[NaH].[NaH].[NaH].[NaH]. The molecule has 5 nitrogen and oxygen atoms in total. The Morgan fingerprint density at radius 3 is 1.94 bits per heavy atom. The van der Waals surface area contributed by atoms with Crippen molar-refractivity contribution in [1.29, 1.82) is 0 Å². The van der Waals surface area contributed by atoms with Crippen LogP contribution in [0.1, 0.15) is 6.92 Å². The molecule has 0 saturated carbocycles. The maximum atomic E-state index is 10.2. The number of carbonyl (C=O) groups excluding carboxylic acids is 1. The minimum atomic E-state index is -0.330. The van der Waals surface area contributed by atoms with Gasteiger partial charge in [-0.1, -0.05) is 0 Å². The van der Waals surface area contributed by atoms with Crippen molar-refractivity contribution in [3.8, 4) is 0 Å². The summed E-state index contributed by atoms with van der Waals surface area (Å²) in [5.41, 5.74) is 7.71. The molecule has 0 bridgehead atoms. The Kier molecular flexibility index (Phi) is 73.2. The van der Waals surface area contributed by atoms with E-state index in [2.05, 4.69) is 15.6 Å². The Bertz CT molecular complexity index is 122. The second-order valence-electron chi connectivity index (χ2n) is 2.03. The number of nitrogens with one attached hydrogen (secondary N) is 2. The van der Waals surface area contributed by atoms with Gasteiger partial charge in [-0.2, -0.15) is 5.48 Å². The first-order valence-corrected chi connectivity index (χ1v) is 3.58. The summed E-state index contributed by atoms with van der Waals surface area (Å²) in [5, 5.41) is 3.03. The first-order chi connectivity index (χ1) is 5.27. The predicted octanol–water partition coefficient (Wildman–Crippen LogP) is -4.64. The van der Waals surface area contributed by atoms with Gasteiger partial charge in [0.1, 0.15) is 0 Å². The average Bonchev–Trinajstić information content (AvgIpc) is 1.96. The van der Waals surface area contributed by atoms with Crippen LogP contribution in [-0.2, 0) is 9.63 Å². The quantitative estimate of drug-likeness (QED) is 0.259. The van der Waals surface area contributed by atoms with Gasteiger partial charge in [-0.25, -0.2) is 0 Å². The van der Waals surface area contributed by atoms with E-state index < -0.39 is 0 Å². The van der Waals surface area contributed by atoms with Crippen LogP contribution in [-0.4, -0.2) is 180 Å². The molecule has 10 heteroatoms. The van der Waals surface area contributed by atoms with E-state index in [0.717, 1.165) is 13.1 Å². The zero-order valence-corrected chi connectivity index (χ0v) is 6.72. The molecule has 0 aliphatic carbocycles. The molecule has 4 N–H and O–H groups in total. The van der Waals surface area contributed by atoms with Crippen molar-refractivity contribution in [3.63, 3.8) is 0 Å². The van der Waals surface area contributed by atoms with E-state index in [1.807, 2.05) is 0 Å². The van der Waals surface area contributed by atoms with Crippen molar-refractivity contribution in [1.82, 2.24) is 10.8 Å². The van der Waals surface area contributed by atoms with Crippen molar-refractivity contribution in [2.45, 2.75) is 6.92 Å². The fraction of sp³-hybridized carbons (Fsp3) is 0.833. The van der Waals surface area contributed by atoms with Gasteiger partial charge < -0.3 is 15.9 Å². The van der Waals surface area contributed by atoms with Gasteiger partial charge in [-0.05, 0) is 0 Å². The summed E-state index contributed by atoms with van der Waals surface area (Å²) in [6.45, 7) is 4.08. The molecule has 0 rings (SSSR count). The molecular weight excluding hydrogens is 261 g/mol. The zero-order valence-electron chi connectivity index (χ0n) is 6.72. The fourth-order valence-electron chi connectivity index (χ4n) is 0.519. The molecule has 0 heterocycles. The Balaban J connectivity index is -0.0000000500. The Labute approximate surface area is 208 Å². The zero-order chi connectivity index (χ0) is 8.53. The van der Waals surface area contributed by atoms with Crippen molar-refractivity contribution >= 4 is 154 Å². The van der Waals surface area contributed by atoms with Gasteiger partial charge in [-0.15, -0.1) is 0 Å². The standard InChI is InChI=1S/C6H15N3O2.5Na.5H/c1-6(10)11-9-5-4-8-3-2-7;;;;;;;;;;/h8-9H,2-5,7H2,1H3;;;;;;;;;;. The number of rotatable bonds is 6. The summed E-state index contributed by atoms with van der Waals surface area (Å²) < 4.78 is 0. The van der Waals surface area contributed by atoms with E-state index in [0.29, 0.717) is 13.1 Å². The summed E-state index contributed by atoms with van der Waals surface area (Å²) in [6, 6.07) is 0. The van der Waals surface area contributed by atoms with Crippen LogP contribution in [0.5, 0.6) is 0 Å². The summed E-state index contributed by atoms with van der Waals surface area (Å²) in [4.78, 5) is 14.7. The molecule has 0 unspecified atom stereocenters. The van der Waals surface area contributed by atoms with E-state index in [1.165, 1.54) is 6.92 Å². The van der Waals surface area contributed by atoms with Gasteiger partial charge >= 0.3 is 154 Å². The van der Waals surface area contributed by atoms with Crippen molar-refractivity contribution in [3.05, 3.63) is 0 Å². The molecule has 0 aromatic rings. The van der Waals surface area contributed by atoms with Crippen LogP contribution in [0, 0.1) is 0 Å². The Morgan fingerprint density at radius 1 is 1.06 bits per heavy atom. The average molecular weight is 281 g/mol. The van der Waals surface area contributed by atoms with Crippen molar-refractivity contribution < 1.29 is 9.63 Å². The molecule has 76 valence electrons. The minimum absolute atomic E-state index is 0. The maximum absolute atomic E-state index is 10.2. The first kappa shape index (κ1) is 37.0. The number of nitrogens with two attached hydrogens (primary N) is 1. The van der Waals surface area contributed by atoms with E-state index in [1.54, 1.807) is 0 Å². The van der Waals surface area contributed by atoms with Crippen LogP contribution < -0.4 is 16.5 Å². The topological polar surface area (TPSA) is 76.4 Å². The van der Waals surface area contributed by atoms with E-state index >= 15 is 0 Å². The van der Waals surface area contributed by atoms with Crippen LogP contribution in [0.25, 0.3) is 0 Å². The molecule has 0 radical (unpaired) electrons. The third-order valence-corrected chi connectivity index (χ3v) is 0.941. The van der Waals surface area contributed by atoms with Gasteiger partial charge in [0.25, 0.3) is 0 Å². The first-order valence-electron chi connectivity index (χ1n) is 3.58. The molecular formula is C6H20N3Na5O2. The van der Waals surface area contributed by atoms with Crippen molar-refractivity contribution in [2.75, 3.05) is 26.2 Å². The summed E-state index contributed by atoms with van der Waals surface area (Å²) >= 11 is 0. The molecule has 0 amide bonds. The van der Waals surface area contributed by atoms with E-state index in [9.17, 15) is 4.79 Å². The molecule has 0 spiro atoms. The van der Waals surface area contributed by atoms with Gasteiger partial charge in [0, 0.05) is 33.1 Å². The second kappa shape index (κ2) is 31.6. The predicted molar refractivity (Wildman–Crippen MR) is 77.4 cm³/mol. The van der Waals surface area contributed by atoms with Crippen LogP contribution in [0.4, 0.5) is 0 Å². The number of hydrogen-bond acceptors (Lipinski definition) is 5. The van der Waals surface area contributed by atoms with Gasteiger partial charge in [0.2, 0.25) is 0 Å². The molecule has 0 aliphatic rings. The summed E-state index contributed by atoms with van der Waals surface area (Å²) in [7, 11) is 0. The summed E-state index contributed by atoms with van der Waals surface area (Å²) in [6.07, 6.45) is 0. The summed E-state index contributed by atoms with van der Waals surface area (Å²) in [5.74, 6) is -0.330. The molecule has 0 aliphatic heterocycles. The van der Waals surface area contributed by atoms with Crippen LogP contribution in [0.15, 0.2) is 0 Å². The molecule has 0 atom stereocenters. The molecule has 0 saturated heterocycles. The van der Waals surface area contributed by atoms with Crippen LogP contribution >= 0.6 is 0 Å². The third-order valence-electron chi connectivity index (χ3n) is 0.941. The van der Waals surface area contributed by atoms with Gasteiger partial charge in [-0.3, -0.25) is 4.79 Å². The van der Waals surface area contributed by atoms with Crippen LogP contribution in [0.3, 0.4) is 0 Å². The second-order valence-corrected chi connectivity index (χ2v) is 2.03.